The highest BCUT2D eigenvalue weighted by Gasteiger charge is 2.13. The van der Waals surface area contributed by atoms with Crippen molar-refractivity contribution in [2.75, 3.05) is 0 Å². The van der Waals surface area contributed by atoms with Gasteiger partial charge in [0.1, 0.15) is 5.75 Å². The third-order valence-corrected chi connectivity index (χ3v) is 3.38. The van der Waals surface area contributed by atoms with Crippen LogP contribution in [0.3, 0.4) is 0 Å². The van der Waals surface area contributed by atoms with Gasteiger partial charge in [-0.05, 0) is 36.8 Å². The van der Waals surface area contributed by atoms with E-state index in [-0.39, 0.29) is 5.75 Å². The molecule has 4 nitrogen and oxygen atoms in total. The van der Waals surface area contributed by atoms with Crippen molar-refractivity contribution in [2.45, 2.75) is 13.3 Å². The first-order chi connectivity index (χ1) is 10.1. The average molecular weight is 301 g/mol. The Labute approximate surface area is 127 Å². The zero-order valence-electron chi connectivity index (χ0n) is 11.4. The molecular formula is C16H13ClN2O2. The maximum Gasteiger partial charge on any atom is 0.261 e. The quantitative estimate of drug-likeness (QED) is 0.794. The fraction of sp³-hybridized carbons (Fsp3) is 0.125. The first-order valence-electron chi connectivity index (χ1n) is 6.49. The largest absolute Gasteiger partial charge is 0.507 e. The second-order valence-electron chi connectivity index (χ2n) is 4.84. The number of halogens is 1. The van der Waals surface area contributed by atoms with Crippen molar-refractivity contribution in [1.29, 1.82) is 0 Å². The lowest BCUT2D eigenvalue weighted by Crippen LogP contribution is -1.90. The van der Waals surface area contributed by atoms with Crippen LogP contribution in [0.5, 0.6) is 5.75 Å². The van der Waals surface area contributed by atoms with Gasteiger partial charge in [-0.1, -0.05) is 40.5 Å². The van der Waals surface area contributed by atoms with Gasteiger partial charge in [-0.25, -0.2) is 0 Å². The molecule has 0 amide bonds. The maximum absolute atomic E-state index is 9.88. The molecule has 1 N–H and O–H groups in total. The molecule has 0 unspecified atom stereocenters. The lowest BCUT2D eigenvalue weighted by Gasteiger charge is -2.00. The molecule has 0 spiro atoms. The van der Waals surface area contributed by atoms with Crippen LogP contribution in [-0.4, -0.2) is 15.2 Å². The maximum atomic E-state index is 9.88. The second kappa shape index (κ2) is 5.58. The molecule has 1 heterocycles. The molecule has 0 bridgehead atoms. The minimum absolute atomic E-state index is 0.127. The Morgan fingerprint density at radius 2 is 1.90 bits per heavy atom. The Balaban J connectivity index is 1.86. The van der Waals surface area contributed by atoms with E-state index in [4.69, 9.17) is 16.1 Å². The number of aromatic nitrogens is 2. The Kier molecular flexibility index (Phi) is 3.62. The van der Waals surface area contributed by atoms with Crippen LogP contribution in [0.25, 0.3) is 11.5 Å². The van der Waals surface area contributed by atoms with Crippen molar-refractivity contribution in [3.8, 4) is 17.2 Å². The van der Waals surface area contributed by atoms with Crippen molar-refractivity contribution in [1.82, 2.24) is 10.1 Å². The van der Waals surface area contributed by atoms with Crippen LogP contribution in [-0.2, 0) is 6.42 Å². The number of hydrogen-bond acceptors (Lipinski definition) is 4. The minimum atomic E-state index is 0.127. The third kappa shape index (κ3) is 3.06. The highest BCUT2D eigenvalue weighted by atomic mass is 35.5. The molecule has 0 fully saturated rings. The van der Waals surface area contributed by atoms with E-state index < -0.39 is 0 Å². The number of aryl methyl sites for hydroxylation is 1. The smallest absolute Gasteiger partial charge is 0.261 e. The predicted octanol–water partition coefficient (Wildman–Crippen LogP) is 3.99. The summed E-state index contributed by atoms with van der Waals surface area (Å²) in [6.07, 6.45) is 0.549. The summed E-state index contributed by atoms with van der Waals surface area (Å²) in [5.74, 6) is 1.01. The third-order valence-electron chi connectivity index (χ3n) is 3.13. The summed E-state index contributed by atoms with van der Waals surface area (Å²) >= 11 is 5.85. The number of benzene rings is 2. The van der Waals surface area contributed by atoms with Gasteiger partial charge in [0.05, 0.1) is 5.56 Å². The van der Waals surface area contributed by atoms with Crippen molar-refractivity contribution in [3.63, 3.8) is 0 Å². The highest BCUT2D eigenvalue weighted by molar-refractivity contribution is 6.30. The summed E-state index contributed by atoms with van der Waals surface area (Å²) in [4.78, 5) is 4.33. The number of nitrogens with zero attached hydrogens (tertiary/aromatic N) is 2. The van der Waals surface area contributed by atoms with Gasteiger partial charge in [-0.3, -0.25) is 0 Å². The Hall–Kier alpha value is -2.33. The van der Waals surface area contributed by atoms with Crippen molar-refractivity contribution < 1.29 is 9.63 Å². The second-order valence-corrected chi connectivity index (χ2v) is 5.28. The molecule has 0 aliphatic carbocycles. The fourth-order valence-electron chi connectivity index (χ4n) is 2.04. The summed E-state index contributed by atoms with van der Waals surface area (Å²) in [6.45, 7) is 1.94. The van der Waals surface area contributed by atoms with E-state index in [2.05, 4.69) is 10.1 Å². The van der Waals surface area contributed by atoms with Crippen LogP contribution in [0.2, 0.25) is 5.02 Å². The Bertz CT molecular complexity index is 766. The molecule has 0 saturated carbocycles. The lowest BCUT2D eigenvalue weighted by atomic mass is 10.1. The van der Waals surface area contributed by atoms with E-state index in [9.17, 15) is 5.11 Å². The predicted molar refractivity (Wildman–Crippen MR) is 80.4 cm³/mol. The first kappa shape index (κ1) is 13.6. The summed E-state index contributed by atoms with van der Waals surface area (Å²) in [7, 11) is 0. The van der Waals surface area contributed by atoms with Crippen LogP contribution in [0, 0.1) is 6.92 Å². The van der Waals surface area contributed by atoms with E-state index >= 15 is 0 Å². The number of hydrogen-bond donors (Lipinski definition) is 1. The summed E-state index contributed by atoms with van der Waals surface area (Å²) < 4.78 is 5.24. The van der Waals surface area contributed by atoms with Gasteiger partial charge in [-0.15, -0.1) is 0 Å². The number of rotatable bonds is 3. The molecule has 0 saturated heterocycles. The molecule has 2 aromatic carbocycles. The first-order valence-corrected chi connectivity index (χ1v) is 6.86. The molecule has 0 aliphatic rings. The monoisotopic (exact) mass is 300 g/mol. The van der Waals surface area contributed by atoms with Crippen LogP contribution in [0.15, 0.2) is 47.0 Å². The van der Waals surface area contributed by atoms with Crippen LogP contribution < -0.4 is 0 Å². The van der Waals surface area contributed by atoms with Crippen LogP contribution in [0.4, 0.5) is 0 Å². The Morgan fingerprint density at radius 3 is 2.67 bits per heavy atom. The molecule has 0 radical (unpaired) electrons. The van der Waals surface area contributed by atoms with Crippen molar-refractivity contribution in [3.05, 3.63) is 64.4 Å². The van der Waals surface area contributed by atoms with Gasteiger partial charge in [0.15, 0.2) is 5.82 Å². The van der Waals surface area contributed by atoms with Gasteiger partial charge < -0.3 is 9.63 Å². The van der Waals surface area contributed by atoms with E-state index in [0.717, 1.165) is 11.1 Å². The zero-order chi connectivity index (χ0) is 14.8. The zero-order valence-corrected chi connectivity index (χ0v) is 12.1. The van der Waals surface area contributed by atoms with Gasteiger partial charge in [0, 0.05) is 11.4 Å². The van der Waals surface area contributed by atoms with Crippen LogP contribution >= 0.6 is 11.6 Å². The van der Waals surface area contributed by atoms with Crippen molar-refractivity contribution >= 4 is 11.6 Å². The highest BCUT2D eigenvalue weighted by Crippen LogP contribution is 2.28. The SMILES string of the molecule is Cc1ccc(O)c(-c2nc(Cc3ccc(Cl)cc3)no2)c1. The van der Waals surface area contributed by atoms with E-state index in [0.29, 0.717) is 28.7 Å². The average Bonchev–Trinajstić information content (AvgIpc) is 2.92. The molecule has 106 valence electrons. The molecule has 5 heteroatoms. The van der Waals surface area contributed by atoms with Crippen molar-refractivity contribution in [2.24, 2.45) is 0 Å². The topological polar surface area (TPSA) is 59.2 Å². The molecule has 21 heavy (non-hydrogen) atoms. The number of phenolic OH excluding ortho intramolecular Hbond substituents is 1. The van der Waals surface area contributed by atoms with E-state index in [1.807, 2.05) is 43.3 Å². The van der Waals surface area contributed by atoms with Gasteiger partial charge in [0.25, 0.3) is 5.89 Å². The molecule has 0 aliphatic heterocycles. The summed E-state index contributed by atoms with van der Waals surface area (Å²) in [6, 6.07) is 12.7. The molecule has 0 atom stereocenters. The summed E-state index contributed by atoms with van der Waals surface area (Å²) in [5.41, 5.74) is 2.60. The fourth-order valence-corrected chi connectivity index (χ4v) is 2.17. The van der Waals surface area contributed by atoms with E-state index in [1.165, 1.54) is 0 Å². The molecule has 1 aromatic heterocycles. The van der Waals surface area contributed by atoms with Gasteiger partial charge >= 0.3 is 0 Å². The normalized spacial score (nSPS) is 10.8. The minimum Gasteiger partial charge on any atom is -0.507 e. The molecule has 3 rings (SSSR count). The number of phenols is 1. The Morgan fingerprint density at radius 1 is 1.14 bits per heavy atom. The van der Waals surface area contributed by atoms with Gasteiger partial charge in [-0.2, -0.15) is 4.98 Å². The van der Waals surface area contributed by atoms with Crippen LogP contribution in [0.1, 0.15) is 17.0 Å². The molecular weight excluding hydrogens is 288 g/mol. The lowest BCUT2D eigenvalue weighted by molar-refractivity contribution is 0.418. The summed E-state index contributed by atoms with van der Waals surface area (Å²) in [5, 5.41) is 14.5. The van der Waals surface area contributed by atoms with Gasteiger partial charge in [0.2, 0.25) is 0 Å². The van der Waals surface area contributed by atoms with E-state index in [1.54, 1.807) is 6.07 Å². The standard InChI is InChI=1S/C16H13ClN2O2/c1-10-2-7-14(20)13(8-10)16-18-15(19-21-16)9-11-3-5-12(17)6-4-11/h2-8,20H,9H2,1H3. The number of aromatic hydroxyl groups is 1. The molecule has 3 aromatic rings.